The standard InChI is InChI=1S/C26H27NO6/c1-4-6-14-27-22(16-10-12-18(13-11-16)32-5-2)21(24(29)26(27)30)23(28)20-15-17-8-7-9-19(31-3)25(17)33-20/h7-13,15,22,29H,4-6,14H2,1-3H3. The van der Waals surface area contributed by atoms with Crippen molar-refractivity contribution >= 4 is 22.7 Å². The molecule has 1 N–H and O–H groups in total. The molecule has 1 aromatic heterocycles. The fourth-order valence-corrected chi connectivity index (χ4v) is 4.15. The molecule has 0 bridgehead atoms. The molecule has 0 spiro atoms. The van der Waals surface area contributed by atoms with Crippen molar-refractivity contribution in [2.45, 2.75) is 32.7 Å². The van der Waals surface area contributed by atoms with Gasteiger partial charge in [-0.3, -0.25) is 9.59 Å². The number of aliphatic hydroxyl groups excluding tert-OH is 1. The van der Waals surface area contributed by atoms with Gasteiger partial charge < -0.3 is 23.9 Å². The summed E-state index contributed by atoms with van der Waals surface area (Å²) >= 11 is 0. The Morgan fingerprint density at radius 1 is 1.15 bits per heavy atom. The summed E-state index contributed by atoms with van der Waals surface area (Å²) in [6.45, 7) is 4.87. The SMILES string of the molecule is CCCCN1C(=O)C(O)=C(C(=O)c2cc3cccc(OC)c3o2)C1c1ccc(OCC)cc1. The highest BCUT2D eigenvalue weighted by atomic mass is 16.5. The molecule has 3 aromatic rings. The molecule has 0 radical (unpaired) electrons. The minimum atomic E-state index is -0.720. The maximum Gasteiger partial charge on any atom is 0.290 e. The fraction of sp³-hybridized carbons (Fsp3) is 0.308. The number of aliphatic hydroxyl groups is 1. The van der Waals surface area contributed by atoms with Gasteiger partial charge >= 0.3 is 0 Å². The molecule has 4 rings (SSSR count). The molecule has 7 heteroatoms. The summed E-state index contributed by atoms with van der Waals surface area (Å²) in [7, 11) is 1.52. The van der Waals surface area contributed by atoms with Crippen molar-refractivity contribution in [2.75, 3.05) is 20.3 Å². The van der Waals surface area contributed by atoms with Gasteiger partial charge in [0.2, 0.25) is 5.78 Å². The van der Waals surface area contributed by atoms with Gasteiger partial charge in [0.25, 0.3) is 5.91 Å². The molecule has 2 heterocycles. The van der Waals surface area contributed by atoms with E-state index in [-0.39, 0.29) is 11.3 Å². The lowest BCUT2D eigenvalue weighted by atomic mass is 9.95. The first-order valence-electron chi connectivity index (χ1n) is 11.1. The van der Waals surface area contributed by atoms with Crippen molar-refractivity contribution in [1.82, 2.24) is 4.90 Å². The molecule has 0 saturated heterocycles. The number of benzene rings is 2. The molecule has 33 heavy (non-hydrogen) atoms. The van der Waals surface area contributed by atoms with E-state index in [1.807, 2.05) is 32.0 Å². The number of unbranched alkanes of at least 4 members (excludes halogenated alkanes) is 1. The number of furan rings is 1. The predicted molar refractivity (Wildman–Crippen MR) is 124 cm³/mol. The Morgan fingerprint density at radius 3 is 2.58 bits per heavy atom. The number of carbonyl (C=O) groups is 2. The van der Waals surface area contributed by atoms with Gasteiger partial charge in [-0.2, -0.15) is 0 Å². The zero-order chi connectivity index (χ0) is 23.5. The minimum absolute atomic E-state index is 0.0123. The third kappa shape index (κ3) is 4.06. The second-order valence-corrected chi connectivity index (χ2v) is 7.84. The van der Waals surface area contributed by atoms with Crippen LogP contribution in [0.4, 0.5) is 0 Å². The molecule has 0 saturated carbocycles. The molecule has 1 aliphatic heterocycles. The molecule has 172 valence electrons. The van der Waals surface area contributed by atoms with Gasteiger partial charge in [-0.1, -0.05) is 37.6 Å². The van der Waals surface area contributed by atoms with Crippen LogP contribution in [0.15, 0.2) is 64.3 Å². The number of fused-ring (bicyclic) bond motifs is 1. The number of amides is 1. The van der Waals surface area contributed by atoms with Gasteiger partial charge in [0, 0.05) is 11.9 Å². The van der Waals surface area contributed by atoms with Gasteiger partial charge in [-0.15, -0.1) is 0 Å². The first-order valence-corrected chi connectivity index (χ1v) is 11.1. The number of ketones is 1. The van der Waals surface area contributed by atoms with Crippen LogP contribution in [-0.4, -0.2) is 42.0 Å². The predicted octanol–water partition coefficient (Wildman–Crippen LogP) is 5.22. The summed E-state index contributed by atoms with van der Waals surface area (Å²) in [4.78, 5) is 28.1. The zero-order valence-electron chi connectivity index (χ0n) is 19.0. The topological polar surface area (TPSA) is 89.2 Å². The van der Waals surface area contributed by atoms with Crippen LogP contribution in [0, 0.1) is 0 Å². The van der Waals surface area contributed by atoms with Crippen LogP contribution in [0.3, 0.4) is 0 Å². The van der Waals surface area contributed by atoms with Crippen molar-refractivity contribution in [3.05, 3.63) is 71.2 Å². The Labute approximate surface area is 192 Å². The van der Waals surface area contributed by atoms with E-state index >= 15 is 0 Å². The summed E-state index contributed by atoms with van der Waals surface area (Å²) in [6, 6.07) is 13.5. The van der Waals surface area contributed by atoms with Crippen LogP contribution in [0.2, 0.25) is 0 Å². The molecular weight excluding hydrogens is 422 g/mol. The number of nitrogens with zero attached hydrogens (tertiary/aromatic N) is 1. The number of Topliss-reactive ketones (excluding diaryl/α,β-unsaturated/α-hetero) is 1. The van der Waals surface area contributed by atoms with E-state index in [1.54, 1.807) is 35.2 Å². The summed E-state index contributed by atoms with van der Waals surface area (Å²) < 4.78 is 16.7. The second kappa shape index (κ2) is 9.40. The number of hydrogen-bond donors (Lipinski definition) is 1. The smallest absolute Gasteiger partial charge is 0.290 e. The maximum absolute atomic E-state index is 13.6. The van der Waals surface area contributed by atoms with E-state index in [4.69, 9.17) is 13.9 Å². The average Bonchev–Trinajstić information content (AvgIpc) is 3.37. The fourth-order valence-electron chi connectivity index (χ4n) is 4.15. The van der Waals surface area contributed by atoms with Gasteiger partial charge in [0.1, 0.15) is 5.75 Å². The molecule has 1 aliphatic rings. The normalized spacial score (nSPS) is 16.0. The van der Waals surface area contributed by atoms with E-state index in [0.717, 1.165) is 12.8 Å². The van der Waals surface area contributed by atoms with Crippen molar-refractivity contribution in [2.24, 2.45) is 0 Å². The Morgan fingerprint density at radius 2 is 1.91 bits per heavy atom. The largest absolute Gasteiger partial charge is 0.503 e. The monoisotopic (exact) mass is 449 g/mol. The third-order valence-corrected chi connectivity index (χ3v) is 5.76. The average molecular weight is 450 g/mol. The summed E-state index contributed by atoms with van der Waals surface area (Å²) in [5.41, 5.74) is 1.16. The highest BCUT2D eigenvalue weighted by Crippen LogP contribution is 2.40. The molecule has 0 aliphatic carbocycles. The summed E-state index contributed by atoms with van der Waals surface area (Å²) in [5.74, 6) is -0.396. The Balaban J connectivity index is 1.78. The van der Waals surface area contributed by atoms with Crippen molar-refractivity contribution in [3.63, 3.8) is 0 Å². The number of methoxy groups -OCH3 is 1. The van der Waals surface area contributed by atoms with Crippen LogP contribution >= 0.6 is 0 Å². The molecule has 7 nitrogen and oxygen atoms in total. The molecule has 1 atom stereocenters. The van der Waals surface area contributed by atoms with Crippen molar-refractivity contribution in [1.29, 1.82) is 0 Å². The lowest BCUT2D eigenvalue weighted by molar-refractivity contribution is -0.129. The molecule has 0 fully saturated rings. The van der Waals surface area contributed by atoms with Gasteiger partial charge in [-0.05, 0) is 43.2 Å². The zero-order valence-corrected chi connectivity index (χ0v) is 19.0. The van der Waals surface area contributed by atoms with Crippen LogP contribution in [-0.2, 0) is 4.79 Å². The minimum Gasteiger partial charge on any atom is -0.503 e. The van der Waals surface area contributed by atoms with Crippen molar-refractivity contribution < 1.29 is 28.6 Å². The summed E-state index contributed by atoms with van der Waals surface area (Å²) in [6.07, 6.45) is 1.61. The van der Waals surface area contributed by atoms with Crippen LogP contribution in [0.25, 0.3) is 11.0 Å². The number of rotatable bonds is 9. The Hall–Kier alpha value is -3.74. The van der Waals surface area contributed by atoms with Crippen LogP contribution in [0.5, 0.6) is 11.5 Å². The number of carbonyl (C=O) groups excluding carboxylic acids is 2. The first-order chi connectivity index (χ1) is 16.0. The van der Waals surface area contributed by atoms with E-state index in [0.29, 0.717) is 41.2 Å². The second-order valence-electron chi connectivity index (χ2n) is 7.84. The quantitative estimate of drug-likeness (QED) is 0.451. The molecular formula is C26H27NO6. The Bertz CT molecular complexity index is 1210. The van der Waals surface area contributed by atoms with Gasteiger partial charge in [0.15, 0.2) is 22.9 Å². The maximum atomic E-state index is 13.6. The summed E-state index contributed by atoms with van der Waals surface area (Å²) in [5, 5.41) is 11.5. The number of ether oxygens (including phenoxy) is 2. The van der Waals surface area contributed by atoms with E-state index < -0.39 is 23.5 Å². The highest BCUT2D eigenvalue weighted by molar-refractivity contribution is 6.16. The van der Waals surface area contributed by atoms with Crippen LogP contribution in [0.1, 0.15) is 48.8 Å². The lowest BCUT2D eigenvalue weighted by Gasteiger charge is -2.26. The molecule has 1 unspecified atom stereocenters. The van der Waals surface area contributed by atoms with Crippen molar-refractivity contribution in [3.8, 4) is 11.5 Å². The van der Waals surface area contributed by atoms with E-state index in [9.17, 15) is 14.7 Å². The highest BCUT2D eigenvalue weighted by Gasteiger charge is 2.44. The lowest BCUT2D eigenvalue weighted by Crippen LogP contribution is -2.32. The molecule has 1 amide bonds. The third-order valence-electron chi connectivity index (χ3n) is 5.76. The molecule has 2 aromatic carbocycles. The first kappa shape index (κ1) is 22.5. The van der Waals surface area contributed by atoms with Gasteiger partial charge in [0.05, 0.1) is 25.3 Å². The van der Waals surface area contributed by atoms with E-state index in [2.05, 4.69) is 0 Å². The number of hydrogen-bond acceptors (Lipinski definition) is 6. The number of para-hydroxylation sites is 1. The van der Waals surface area contributed by atoms with Gasteiger partial charge in [-0.25, -0.2) is 0 Å². The van der Waals surface area contributed by atoms with E-state index in [1.165, 1.54) is 7.11 Å². The van der Waals surface area contributed by atoms with Crippen LogP contribution < -0.4 is 9.47 Å². The Kier molecular flexibility index (Phi) is 6.40.